The first-order valence-corrected chi connectivity index (χ1v) is 4.96. The Kier molecular flexibility index (Phi) is 4.57. The van der Waals surface area contributed by atoms with E-state index in [1.54, 1.807) is 21.3 Å². The van der Waals surface area contributed by atoms with Gasteiger partial charge in [-0.3, -0.25) is 5.01 Å². The van der Waals surface area contributed by atoms with Gasteiger partial charge in [0.2, 0.25) is 0 Å². The van der Waals surface area contributed by atoms with Crippen LogP contribution in [0.25, 0.3) is 0 Å². The van der Waals surface area contributed by atoms with Crippen LogP contribution in [0, 0.1) is 4.91 Å². The molecule has 0 unspecified atom stereocenters. The first-order chi connectivity index (χ1) is 7.71. The predicted molar refractivity (Wildman–Crippen MR) is 61.7 cm³/mol. The van der Waals surface area contributed by atoms with Crippen molar-refractivity contribution in [3.63, 3.8) is 0 Å². The number of ether oxygens (including phenoxy) is 2. The van der Waals surface area contributed by atoms with E-state index in [-0.39, 0.29) is 0 Å². The minimum atomic E-state index is 0.582. The molecule has 0 spiro atoms. The molecule has 0 amide bonds. The molecule has 0 radical (unpaired) electrons. The number of benzene rings is 1. The molecule has 0 aliphatic carbocycles. The van der Waals surface area contributed by atoms with E-state index in [0.29, 0.717) is 18.0 Å². The Balaban J connectivity index is 2.71. The van der Waals surface area contributed by atoms with Gasteiger partial charge in [0, 0.05) is 13.6 Å². The third-order valence-corrected chi connectivity index (χ3v) is 2.31. The molecule has 5 nitrogen and oxygen atoms in total. The van der Waals surface area contributed by atoms with Gasteiger partial charge in [-0.15, -0.1) is 4.91 Å². The van der Waals surface area contributed by atoms with Crippen LogP contribution in [-0.4, -0.2) is 32.8 Å². The van der Waals surface area contributed by atoms with Crippen LogP contribution in [0.3, 0.4) is 0 Å². The summed E-state index contributed by atoms with van der Waals surface area (Å²) in [4.78, 5) is 10.2. The van der Waals surface area contributed by atoms with Gasteiger partial charge in [0.05, 0.1) is 19.5 Å². The molecule has 0 aliphatic rings. The summed E-state index contributed by atoms with van der Waals surface area (Å²) < 4.78 is 10.3. The first kappa shape index (κ1) is 12.3. The summed E-state index contributed by atoms with van der Waals surface area (Å²) in [6, 6.07) is 5.69. The Labute approximate surface area is 94.9 Å². The summed E-state index contributed by atoms with van der Waals surface area (Å²) in [5.41, 5.74) is 1.08. The number of nitrogens with zero attached hydrogens (tertiary/aromatic N) is 2. The number of rotatable bonds is 6. The molecular weight excluding hydrogens is 208 g/mol. The maximum absolute atomic E-state index is 10.2. The monoisotopic (exact) mass is 224 g/mol. The third kappa shape index (κ3) is 3.12. The number of nitroso groups, excluding NO2 is 1. The molecule has 5 heteroatoms. The van der Waals surface area contributed by atoms with Gasteiger partial charge in [0.15, 0.2) is 11.5 Å². The summed E-state index contributed by atoms with van der Waals surface area (Å²) >= 11 is 0. The van der Waals surface area contributed by atoms with Crippen molar-refractivity contribution in [1.29, 1.82) is 0 Å². The highest BCUT2D eigenvalue weighted by Crippen LogP contribution is 2.27. The topological polar surface area (TPSA) is 51.1 Å². The molecule has 0 N–H and O–H groups in total. The lowest BCUT2D eigenvalue weighted by Gasteiger charge is -2.11. The van der Waals surface area contributed by atoms with Crippen molar-refractivity contribution in [3.8, 4) is 11.5 Å². The summed E-state index contributed by atoms with van der Waals surface area (Å²) in [5, 5.41) is 4.17. The molecular formula is C11H16N2O3. The largest absolute Gasteiger partial charge is 0.493 e. The average Bonchev–Trinajstić information content (AvgIpc) is 2.35. The van der Waals surface area contributed by atoms with Crippen LogP contribution in [0.4, 0.5) is 0 Å². The Morgan fingerprint density at radius 1 is 1.25 bits per heavy atom. The van der Waals surface area contributed by atoms with E-state index in [2.05, 4.69) is 5.29 Å². The van der Waals surface area contributed by atoms with Gasteiger partial charge in [0.1, 0.15) is 0 Å². The van der Waals surface area contributed by atoms with Crippen molar-refractivity contribution in [2.45, 2.75) is 6.42 Å². The highest BCUT2D eigenvalue weighted by molar-refractivity contribution is 5.42. The van der Waals surface area contributed by atoms with Crippen molar-refractivity contribution in [3.05, 3.63) is 28.7 Å². The minimum Gasteiger partial charge on any atom is -0.493 e. The minimum absolute atomic E-state index is 0.582. The zero-order valence-electron chi connectivity index (χ0n) is 9.77. The maximum atomic E-state index is 10.2. The SMILES string of the molecule is COc1ccc(CCN(C)N=O)cc1OC. The predicted octanol–water partition coefficient (Wildman–Crippen LogP) is 1.86. The van der Waals surface area contributed by atoms with Crippen LogP contribution in [0.2, 0.25) is 0 Å². The fraction of sp³-hybridized carbons (Fsp3) is 0.455. The van der Waals surface area contributed by atoms with Crippen molar-refractivity contribution in [1.82, 2.24) is 5.01 Å². The molecule has 16 heavy (non-hydrogen) atoms. The lowest BCUT2D eigenvalue weighted by atomic mass is 10.1. The van der Waals surface area contributed by atoms with Crippen molar-refractivity contribution < 1.29 is 9.47 Å². The van der Waals surface area contributed by atoms with Gasteiger partial charge in [-0.2, -0.15) is 0 Å². The normalized spacial score (nSPS) is 9.69. The van der Waals surface area contributed by atoms with E-state index in [4.69, 9.17) is 9.47 Å². The van der Waals surface area contributed by atoms with E-state index in [9.17, 15) is 4.91 Å². The molecule has 1 aromatic rings. The highest BCUT2D eigenvalue weighted by atomic mass is 16.5. The summed E-state index contributed by atoms with van der Waals surface area (Å²) in [6.45, 7) is 0.582. The van der Waals surface area contributed by atoms with Crippen LogP contribution >= 0.6 is 0 Å². The van der Waals surface area contributed by atoms with E-state index in [1.807, 2.05) is 18.2 Å². The molecule has 0 fully saturated rings. The fourth-order valence-corrected chi connectivity index (χ4v) is 1.37. The molecule has 0 aliphatic heterocycles. The zero-order valence-corrected chi connectivity index (χ0v) is 9.77. The van der Waals surface area contributed by atoms with Crippen LogP contribution in [0.5, 0.6) is 11.5 Å². The Bertz CT molecular complexity index is 355. The second-order valence-corrected chi connectivity index (χ2v) is 3.40. The fourth-order valence-electron chi connectivity index (χ4n) is 1.37. The zero-order chi connectivity index (χ0) is 12.0. The quantitative estimate of drug-likeness (QED) is 0.546. The van der Waals surface area contributed by atoms with Gasteiger partial charge in [0.25, 0.3) is 0 Å². The summed E-state index contributed by atoms with van der Waals surface area (Å²) in [6.07, 6.45) is 0.739. The van der Waals surface area contributed by atoms with E-state index >= 15 is 0 Å². The van der Waals surface area contributed by atoms with Crippen molar-refractivity contribution >= 4 is 0 Å². The first-order valence-electron chi connectivity index (χ1n) is 4.96. The molecule has 0 saturated carbocycles. The van der Waals surface area contributed by atoms with Crippen LogP contribution in [-0.2, 0) is 6.42 Å². The highest BCUT2D eigenvalue weighted by Gasteiger charge is 2.05. The summed E-state index contributed by atoms with van der Waals surface area (Å²) in [5.74, 6) is 1.40. The Hall–Kier alpha value is -1.78. The molecule has 1 rings (SSSR count). The second kappa shape index (κ2) is 5.95. The van der Waals surface area contributed by atoms with Crippen molar-refractivity contribution in [2.24, 2.45) is 5.29 Å². The number of hydrogen-bond acceptors (Lipinski definition) is 4. The standard InChI is InChI=1S/C11H16N2O3/c1-13(12-14)7-6-9-4-5-10(15-2)11(8-9)16-3/h4-5,8H,6-7H2,1-3H3. The van der Waals surface area contributed by atoms with Crippen molar-refractivity contribution in [2.75, 3.05) is 27.8 Å². The van der Waals surface area contributed by atoms with Crippen LogP contribution in [0.15, 0.2) is 23.5 Å². The third-order valence-electron chi connectivity index (χ3n) is 2.31. The van der Waals surface area contributed by atoms with E-state index in [1.165, 1.54) is 5.01 Å². The number of likely N-dealkylation sites (N-methyl/N-ethyl adjacent to an activating group) is 1. The van der Waals surface area contributed by atoms with Crippen LogP contribution < -0.4 is 9.47 Å². The second-order valence-electron chi connectivity index (χ2n) is 3.40. The lowest BCUT2D eigenvalue weighted by Crippen LogP contribution is -2.13. The molecule has 0 aromatic heterocycles. The molecule has 88 valence electrons. The number of methoxy groups -OCH3 is 2. The Morgan fingerprint density at radius 2 is 1.94 bits per heavy atom. The van der Waals surface area contributed by atoms with Gasteiger partial charge in [-0.25, -0.2) is 0 Å². The van der Waals surface area contributed by atoms with Gasteiger partial charge >= 0.3 is 0 Å². The maximum Gasteiger partial charge on any atom is 0.160 e. The molecule has 0 atom stereocenters. The van der Waals surface area contributed by atoms with Gasteiger partial charge < -0.3 is 9.47 Å². The molecule has 0 bridgehead atoms. The van der Waals surface area contributed by atoms with Crippen LogP contribution in [0.1, 0.15) is 5.56 Å². The average molecular weight is 224 g/mol. The van der Waals surface area contributed by atoms with Gasteiger partial charge in [-0.05, 0) is 24.1 Å². The molecule has 0 heterocycles. The van der Waals surface area contributed by atoms with E-state index in [0.717, 1.165) is 12.0 Å². The smallest absolute Gasteiger partial charge is 0.160 e. The summed E-state index contributed by atoms with van der Waals surface area (Å²) in [7, 11) is 4.84. The lowest BCUT2D eigenvalue weighted by molar-refractivity contribution is 0.348. The Morgan fingerprint density at radius 3 is 2.50 bits per heavy atom. The molecule has 1 aromatic carbocycles. The number of hydrogen-bond donors (Lipinski definition) is 0. The van der Waals surface area contributed by atoms with Gasteiger partial charge in [-0.1, -0.05) is 6.07 Å². The van der Waals surface area contributed by atoms with E-state index < -0.39 is 0 Å². The molecule has 0 saturated heterocycles.